The number of aromatic amines is 1. The predicted octanol–water partition coefficient (Wildman–Crippen LogP) is 3.40. The molecule has 0 unspecified atom stereocenters. The van der Waals surface area contributed by atoms with Crippen LogP contribution in [0.5, 0.6) is 11.5 Å². The lowest BCUT2D eigenvalue weighted by Gasteiger charge is -2.12. The number of H-pyrrole nitrogens is 1. The maximum Gasteiger partial charge on any atom is 0.339 e. The van der Waals surface area contributed by atoms with Crippen LogP contribution in [-0.2, 0) is 14.3 Å². The highest BCUT2D eigenvalue weighted by molar-refractivity contribution is 6.03. The molecule has 1 atom stereocenters. The van der Waals surface area contributed by atoms with Crippen LogP contribution in [0.25, 0.3) is 0 Å². The van der Waals surface area contributed by atoms with Crippen molar-refractivity contribution < 1.29 is 33.3 Å². The van der Waals surface area contributed by atoms with Crippen molar-refractivity contribution in [3.8, 4) is 11.5 Å². The molecule has 2 rings (SSSR count). The van der Waals surface area contributed by atoms with Gasteiger partial charge in [-0.15, -0.1) is 0 Å². The van der Waals surface area contributed by atoms with Gasteiger partial charge < -0.3 is 23.9 Å². The number of hydrogen-bond acceptors (Lipinski definition) is 7. The van der Waals surface area contributed by atoms with E-state index in [0.29, 0.717) is 35.6 Å². The first-order valence-electron chi connectivity index (χ1n) is 9.56. The molecular formula is C22H27NO7. The lowest BCUT2D eigenvalue weighted by atomic mass is 10.1. The van der Waals surface area contributed by atoms with E-state index < -0.39 is 23.8 Å². The summed E-state index contributed by atoms with van der Waals surface area (Å²) in [5.74, 6) is -0.0267. The van der Waals surface area contributed by atoms with Crippen molar-refractivity contribution in [2.45, 2.75) is 39.7 Å². The van der Waals surface area contributed by atoms with E-state index in [1.165, 1.54) is 14.0 Å². The molecule has 1 aromatic carbocycles. The van der Waals surface area contributed by atoms with E-state index in [4.69, 9.17) is 18.9 Å². The molecule has 0 fully saturated rings. The molecule has 0 saturated carbocycles. The van der Waals surface area contributed by atoms with Gasteiger partial charge in [0.05, 0.1) is 32.1 Å². The van der Waals surface area contributed by atoms with Crippen molar-refractivity contribution in [2.75, 3.05) is 20.8 Å². The normalized spacial score (nSPS) is 11.5. The summed E-state index contributed by atoms with van der Waals surface area (Å²) < 4.78 is 20.6. The topological polar surface area (TPSA) is 104 Å². The van der Waals surface area contributed by atoms with E-state index in [0.717, 1.165) is 5.75 Å². The monoisotopic (exact) mass is 417 g/mol. The summed E-state index contributed by atoms with van der Waals surface area (Å²) in [5.41, 5.74) is 1.54. The summed E-state index contributed by atoms with van der Waals surface area (Å²) in [7, 11) is 2.86. The van der Waals surface area contributed by atoms with Crippen molar-refractivity contribution in [3.63, 3.8) is 0 Å². The van der Waals surface area contributed by atoms with Crippen molar-refractivity contribution >= 4 is 17.7 Å². The zero-order valence-electron chi connectivity index (χ0n) is 17.9. The molecule has 162 valence electrons. The SMILES string of the molecule is COC(=O)c1c(C)[nH]c(C(=O)[C@@H](C)OC(=O)CCCOc2ccc(OC)cc2)c1C. The van der Waals surface area contributed by atoms with Crippen LogP contribution in [0, 0.1) is 13.8 Å². The number of Topliss-reactive ketones (excluding diaryl/α,β-unsaturated/α-hetero) is 1. The Balaban J connectivity index is 1.83. The second kappa shape index (κ2) is 10.5. The number of aryl methyl sites for hydroxylation is 1. The van der Waals surface area contributed by atoms with E-state index in [9.17, 15) is 14.4 Å². The summed E-state index contributed by atoms with van der Waals surface area (Å²) in [5, 5.41) is 0. The van der Waals surface area contributed by atoms with Gasteiger partial charge in [-0.25, -0.2) is 4.79 Å². The third-order valence-corrected chi connectivity index (χ3v) is 4.60. The fraction of sp³-hybridized carbons (Fsp3) is 0.409. The van der Waals surface area contributed by atoms with Gasteiger partial charge in [-0.05, 0) is 57.0 Å². The van der Waals surface area contributed by atoms with Gasteiger partial charge in [0.2, 0.25) is 5.78 Å². The lowest BCUT2D eigenvalue weighted by Crippen LogP contribution is -2.25. The number of benzene rings is 1. The maximum absolute atomic E-state index is 12.6. The van der Waals surface area contributed by atoms with Gasteiger partial charge in [0.15, 0.2) is 6.10 Å². The number of nitrogens with one attached hydrogen (secondary N) is 1. The molecule has 1 aromatic heterocycles. The highest BCUT2D eigenvalue weighted by atomic mass is 16.5. The molecule has 0 aliphatic rings. The summed E-state index contributed by atoms with van der Waals surface area (Å²) in [6.07, 6.45) is -0.426. The highest BCUT2D eigenvalue weighted by Gasteiger charge is 2.27. The Morgan fingerprint density at radius 1 is 1.03 bits per heavy atom. The first-order valence-corrected chi connectivity index (χ1v) is 9.56. The van der Waals surface area contributed by atoms with E-state index in [2.05, 4.69) is 4.98 Å². The number of ketones is 1. The van der Waals surface area contributed by atoms with E-state index in [1.54, 1.807) is 45.2 Å². The van der Waals surface area contributed by atoms with Gasteiger partial charge in [0.1, 0.15) is 11.5 Å². The Morgan fingerprint density at radius 3 is 2.27 bits per heavy atom. The van der Waals surface area contributed by atoms with E-state index in [1.807, 2.05) is 0 Å². The second-order valence-electron chi connectivity index (χ2n) is 6.74. The Labute approximate surface area is 175 Å². The molecule has 0 aliphatic carbocycles. The average molecular weight is 417 g/mol. The smallest absolute Gasteiger partial charge is 0.339 e. The van der Waals surface area contributed by atoms with Gasteiger partial charge in [-0.2, -0.15) is 0 Å². The second-order valence-corrected chi connectivity index (χ2v) is 6.74. The number of rotatable bonds is 10. The first kappa shape index (κ1) is 23.0. The summed E-state index contributed by atoms with van der Waals surface area (Å²) in [4.78, 5) is 39.5. The third-order valence-electron chi connectivity index (χ3n) is 4.60. The minimum atomic E-state index is -0.984. The van der Waals surface area contributed by atoms with Gasteiger partial charge in [-0.3, -0.25) is 9.59 Å². The zero-order chi connectivity index (χ0) is 22.3. The number of methoxy groups -OCH3 is 2. The molecule has 0 radical (unpaired) electrons. The predicted molar refractivity (Wildman–Crippen MR) is 109 cm³/mol. The quantitative estimate of drug-likeness (QED) is 0.359. The molecular weight excluding hydrogens is 390 g/mol. The van der Waals surface area contributed by atoms with Crippen LogP contribution in [0.3, 0.4) is 0 Å². The van der Waals surface area contributed by atoms with Crippen molar-refractivity contribution in [3.05, 3.63) is 46.8 Å². The van der Waals surface area contributed by atoms with Crippen molar-refractivity contribution in [1.82, 2.24) is 4.98 Å². The van der Waals surface area contributed by atoms with Gasteiger partial charge in [0, 0.05) is 12.1 Å². The summed E-state index contributed by atoms with van der Waals surface area (Å²) in [6, 6.07) is 7.13. The Hall–Kier alpha value is -3.29. The van der Waals surface area contributed by atoms with Crippen LogP contribution < -0.4 is 9.47 Å². The first-order chi connectivity index (χ1) is 14.3. The largest absolute Gasteiger partial charge is 0.497 e. The van der Waals surface area contributed by atoms with Crippen molar-refractivity contribution in [2.24, 2.45) is 0 Å². The Morgan fingerprint density at radius 2 is 1.67 bits per heavy atom. The molecule has 0 amide bonds. The van der Waals surface area contributed by atoms with Crippen LogP contribution in [-0.4, -0.2) is 49.6 Å². The average Bonchev–Trinajstić information content (AvgIpc) is 3.04. The van der Waals surface area contributed by atoms with Gasteiger partial charge >= 0.3 is 11.9 Å². The molecule has 8 heteroatoms. The molecule has 30 heavy (non-hydrogen) atoms. The fourth-order valence-electron chi connectivity index (χ4n) is 3.00. The lowest BCUT2D eigenvalue weighted by molar-refractivity contribution is -0.146. The molecule has 1 N–H and O–H groups in total. The number of carbonyl (C=O) groups is 3. The van der Waals surface area contributed by atoms with Crippen LogP contribution in [0.2, 0.25) is 0 Å². The van der Waals surface area contributed by atoms with Crippen LogP contribution in [0.1, 0.15) is 51.9 Å². The molecule has 0 aliphatic heterocycles. The minimum Gasteiger partial charge on any atom is -0.497 e. The van der Waals surface area contributed by atoms with Crippen molar-refractivity contribution in [1.29, 1.82) is 0 Å². The van der Waals surface area contributed by atoms with Crippen LogP contribution >= 0.6 is 0 Å². The number of ether oxygens (including phenoxy) is 4. The van der Waals surface area contributed by atoms with E-state index >= 15 is 0 Å². The Bertz CT molecular complexity index is 899. The molecule has 2 aromatic rings. The molecule has 8 nitrogen and oxygen atoms in total. The standard InChI is InChI=1S/C22H27NO7/c1-13-19(22(26)28-5)14(2)23-20(13)21(25)15(3)30-18(24)7-6-12-29-17-10-8-16(27-4)9-11-17/h8-11,15,23H,6-7,12H2,1-5H3/t15-/m1/s1. The Kier molecular flexibility index (Phi) is 8.03. The molecule has 1 heterocycles. The highest BCUT2D eigenvalue weighted by Crippen LogP contribution is 2.21. The number of carbonyl (C=O) groups excluding carboxylic acids is 3. The van der Waals surface area contributed by atoms with Gasteiger partial charge in [-0.1, -0.05) is 0 Å². The summed E-state index contributed by atoms with van der Waals surface area (Å²) >= 11 is 0. The van der Waals surface area contributed by atoms with E-state index in [-0.39, 0.29) is 12.1 Å². The number of hydrogen-bond donors (Lipinski definition) is 1. The number of aromatic nitrogens is 1. The van der Waals surface area contributed by atoms with Crippen LogP contribution in [0.4, 0.5) is 0 Å². The van der Waals surface area contributed by atoms with Crippen LogP contribution in [0.15, 0.2) is 24.3 Å². The molecule has 0 spiro atoms. The number of esters is 2. The zero-order valence-corrected chi connectivity index (χ0v) is 17.9. The maximum atomic E-state index is 12.6. The summed E-state index contributed by atoms with van der Waals surface area (Å²) in [6.45, 7) is 5.16. The fourth-order valence-corrected chi connectivity index (χ4v) is 3.00. The van der Waals surface area contributed by atoms with Gasteiger partial charge in [0.25, 0.3) is 0 Å². The minimum absolute atomic E-state index is 0.115. The molecule has 0 saturated heterocycles. The third kappa shape index (κ3) is 5.62. The molecule has 0 bridgehead atoms.